The molecule has 0 atom stereocenters. The molecule has 0 saturated heterocycles. The van der Waals surface area contributed by atoms with E-state index in [0.29, 0.717) is 11.7 Å². The van der Waals surface area contributed by atoms with E-state index >= 15 is 0 Å². The van der Waals surface area contributed by atoms with Crippen LogP contribution in [0.1, 0.15) is 5.56 Å². The number of azo groups is 1. The molecule has 1 aliphatic heterocycles. The number of hydrogen-bond donors (Lipinski definition) is 0. The van der Waals surface area contributed by atoms with Gasteiger partial charge in [0, 0.05) is 5.56 Å². The fourth-order valence-corrected chi connectivity index (χ4v) is 0.953. The van der Waals surface area contributed by atoms with Crippen LogP contribution in [0, 0.1) is 12.0 Å². The molecule has 1 aliphatic rings. The topological polar surface area (TPSA) is 37.1 Å². The second-order valence-electron chi connectivity index (χ2n) is 2.26. The summed E-state index contributed by atoms with van der Waals surface area (Å²) in [6.07, 6.45) is 1.62. The highest BCUT2D eigenvalue weighted by molar-refractivity contribution is 5.59. The predicted octanol–water partition coefficient (Wildman–Crippen LogP) is 2.16. The van der Waals surface area contributed by atoms with Crippen LogP contribution in [-0.2, 0) is 0 Å². The number of nitrogens with zero attached hydrogens (tertiary/aromatic N) is 3. The van der Waals surface area contributed by atoms with Gasteiger partial charge in [-0.15, -0.1) is 10.2 Å². The van der Waals surface area contributed by atoms with Crippen molar-refractivity contribution < 1.29 is 4.39 Å². The van der Waals surface area contributed by atoms with E-state index in [9.17, 15) is 4.39 Å². The van der Waals surface area contributed by atoms with Crippen LogP contribution in [0.3, 0.4) is 0 Å². The largest absolute Gasteiger partial charge is 0.251 e. The highest BCUT2D eigenvalue weighted by Crippen LogP contribution is 2.22. The van der Waals surface area contributed by atoms with Gasteiger partial charge in [0.15, 0.2) is 0 Å². The number of halogens is 1. The van der Waals surface area contributed by atoms with Gasteiger partial charge >= 0.3 is 0 Å². The Morgan fingerprint density at radius 3 is 2.67 bits per heavy atom. The van der Waals surface area contributed by atoms with Crippen molar-refractivity contribution in [2.24, 2.45) is 15.2 Å². The van der Waals surface area contributed by atoms with Crippen molar-refractivity contribution in [3.05, 3.63) is 41.8 Å². The van der Waals surface area contributed by atoms with Gasteiger partial charge in [0.25, 0.3) is 6.17 Å². The van der Waals surface area contributed by atoms with Gasteiger partial charge in [-0.2, -0.15) is 0 Å². The minimum Gasteiger partial charge on any atom is -0.230 e. The number of aliphatic imine (C=N–C) groups is 1. The van der Waals surface area contributed by atoms with E-state index in [1.165, 1.54) is 12.4 Å². The molecule has 0 amide bonds. The maximum Gasteiger partial charge on any atom is 0.251 e. The summed E-state index contributed by atoms with van der Waals surface area (Å²) in [5.74, 6) is -0.328. The minimum absolute atomic E-state index is 0.327. The Labute approximate surface area is 68.7 Å². The van der Waals surface area contributed by atoms with Gasteiger partial charge in [-0.3, -0.25) is 0 Å². The molecule has 1 heterocycles. The van der Waals surface area contributed by atoms with Crippen LogP contribution in [0.5, 0.6) is 0 Å². The molecule has 0 spiro atoms. The Morgan fingerprint density at radius 1 is 1.17 bits per heavy atom. The van der Waals surface area contributed by atoms with Crippen LogP contribution in [0.2, 0.25) is 0 Å². The minimum atomic E-state index is -0.328. The molecule has 0 unspecified atom stereocenters. The smallest absolute Gasteiger partial charge is 0.230 e. The van der Waals surface area contributed by atoms with E-state index < -0.39 is 0 Å². The molecule has 0 N–H and O–H groups in total. The molecule has 2 rings (SSSR count). The zero-order chi connectivity index (χ0) is 8.39. The lowest BCUT2D eigenvalue weighted by Gasteiger charge is -2.00. The second kappa shape index (κ2) is 2.81. The fraction of sp³-hybridized carbons (Fsp3) is 0. The van der Waals surface area contributed by atoms with Crippen molar-refractivity contribution in [1.29, 1.82) is 0 Å². The van der Waals surface area contributed by atoms with Crippen molar-refractivity contribution in [2.45, 2.75) is 0 Å². The fourth-order valence-electron chi connectivity index (χ4n) is 0.953. The van der Waals surface area contributed by atoms with Crippen molar-refractivity contribution in [1.82, 2.24) is 0 Å². The summed E-state index contributed by atoms with van der Waals surface area (Å²) in [5.41, 5.74) is 0.384. The molecule has 0 fully saturated rings. The molecule has 0 aromatic heterocycles. The lowest BCUT2D eigenvalue weighted by atomic mass is 10.2. The summed E-state index contributed by atoms with van der Waals surface area (Å²) >= 11 is 0. The Morgan fingerprint density at radius 2 is 2.00 bits per heavy atom. The quantitative estimate of drug-likeness (QED) is 0.606. The van der Waals surface area contributed by atoms with Crippen LogP contribution in [-0.4, -0.2) is 6.34 Å². The summed E-state index contributed by atoms with van der Waals surface area (Å²) in [5, 5.41) is 7.16. The van der Waals surface area contributed by atoms with E-state index in [1.54, 1.807) is 18.2 Å². The van der Waals surface area contributed by atoms with Gasteiger partial charge in [0.2, 0.25) is 0 Å². The van der Waals surface area contributed by atoms with Gasteiger partial charge in [-0.1, -0.05) is 18.2 Å². The molecule has 1 aromatic carbocycles. The highest BCUT2D eigenvalue weighted by atomic mass is 19.1. The third kappa shape index (κ3) is 1.11. The van der Waals surface area contributed by atoms with Crippen molar-refractivity contribution in [3.8, 4) is 0 Å². The van der Waals surface area contributed by atoms with Crippen LogP contribution in [0.4, 0.5) is 4.39 Å². The standard InChI is InChI=1S/C8H5FN3/c9-7-4-2-1-3-6(7)8-10-5-11-12-8/h1-5H. The zero-order valence-electron chi connectivity index (χ0n) is 6.11. The lowest BCUT2D eigenvalue weighted by Crippen LogP contribution is -1.93. The number of rotatable bonds is 1. The molecule has 1 aromatic rings. The summed E-state index contributed by atoms with van der Waals surface area (Å²) < 4.78 is 13.0. The Kier molecular flexibility index (Phi) is 1.66. The van der Waals surface area contributed by atoms with Crippen LogP contribution in [0.15, 0.2) is 39.5 Å². The van der Waals surface area contributed by atoms with Crippen molar-refractivity contribution >= 4 is 6.34 Å². The van der Waals surface area contributed by atoms with E-state index in [-0.39, 0.29) is 5.82 Å². The third-order valence-electron chi connectivity index (χ3n) is 1.50. The average Bonchev–Trinajstić information content (AvgIpc) is 2.57. The molecule has 0 bridgehead atoms. The number of benzene rings is 1. The summed E-state index contributed by atoms with van der Waals surface area (Å²) in [4.78, 5) is 3.79. The van der Waals surface area contributed by atoms with Gasteiger partial charge in [-0.25, -0.2) is 9.38 Å². The van der Waals surface area contributed by atoms with Gasteiger partial charge in [0.1, 0.15) is 12.2 Å². The van der Waals surface area contributed by atoms with Crippen LogP contribution in [0.25, 0.3) is 0 Å². The maximum atomic E-state index is 13.0. The summed E-state index contributed by atoms with van der Waals surface area (Å²) in [7, 11) is 0. The molecular formula is C8H5FN3. The van der Waals surface area contributed by atoms with Crippen molar-refractivity contribution in [2.75, 3.05) is 0 Å². The molecule has 0 aliphatic carbocycles. The van der Waals surface area contributed by atoms with Gasteiger partial charge in [-0.05, 0) is 6.07 Å². The first-order valence-corrected chi connectivity index (χ1v) is 3.43. The normalized spacial score (nSPS) is 15.8. The van der Waals surface area contributed by atoms with E-state index in [0.717, 1.165) is 0 Å². The molecule has 59 valence electrons. The molecule has 4 heteroatoms. The second-order valence-corrected chi connectivity index (χ2v) is 2.26. The van der Waals surface area contributed by atoms with Crippen LogP contribution < -0.4 is 0 Å². The number of hydrogen-bond acceptors (Lipinski definition) is 3. The predicted molar refractivity (Wildman–Crippen MR) is 42.1 cm³/mol. The summed E-state index contributed by atoms with van der Waals surface area (Å²) in [6.45, 7) is 0. The lowest BCUT2D eigenvalue weighted by molar-refractivity contribution is 0.613. The first-order valence-electron chi connectivity index (χ1n) is 3.43. The van der Waals surface area contributed by atoms with Crippen LogP contribution >= 0.6 is 0 Å². The maximum absolute atomic E-state index is 13.0. The molecule has 12 heavy (non-hydrogen) atoms. The molecule has 0 saturated carbocycles. The Balaban J connectivity index is 2.39. The molecular weight excluding hydrogens is 157 g/mol. The monoisotopic (exact) mass is 162 g/mol. The van der Waals surface area contributed by atoms with Gasteiger partial charge in [0.05, 0.1) is 0 Å². The first-order chi connectivity index (χ1) is 5.88. The Hall–Kier alpha value is -1.58. The van der Waals surface area contributed by atoms with E-state index in [1.807, 2.05) is 0 Å². The SMILES string of the molecule is Fc1ccccc1[C]1N=CN=N1. The molecule has 1 radical (unpaired) electrons. The first kappa shape index (κ1) is 7.09. The zero-order valence-corrected chi connectivity index (χ0v) is 6.11. The van der Waals surface area contributed by atoms with E-state index in [2.05, 4.69) is 15.2 Å². The highest BCUT2D eigenvalue weighted by Gasteiger charge is 2.16. The van der Waals surface area contributed by atoms with Crippen molar-refractivity contribution in [3.63, 3.8) is 0 Å². The third-order valence-corrected chi connectivity index (χ3v) is 1.50. The molecule has 3 nitrogen and oxygen atoms in total. The summed E-state index contributed by atoms with van der Waals surface area (Å²) in [6, 6.07) is 6.34. The Bertz CT molecular complexity index is 334. The van der Waals surface area contributed by atoms with E-state index in [4.69, 9.17) is 0 Å². The van der Waals surface area contributed by atoms with Gasteiger partial charge < -0.3 is 0 Å². The average molecular weight is 162 g/mol.